The largest absolute Gasteiger partial charge is 0.261 e. The van der Waals surface area contributed by atoms with Gasteiger partial charge in [0.05, 0.1) is 0 Å². The van der Waals surface area contributed by atoms with E-state index in [1.54, 1.807) is 0 Å². The Morgan fingerprint density at radius 3 is 2.87 bits per heavy atom. The van der Waals surface area contributed by atoms with E-state index in [0.717, 1.165) is 24.2 Å². The molecule has 4 heteroatoms. The lowest BCUT2D eigenvalue weighted by Gasteiger charge is -2.03. The van der Waals surface area contributed by atoms with E-state index in [4.69, 9.17) is 5.26 Å². The van der Waals surface area contributed by atoms with Crippen molar-refractivity contribution in [2.75, 3.05) is 5.32 Å². The third-order valence-corrected chi connectivity index (χ3v) is 2.11. The standard InChI is InChI=1S/C11H16N4/c1-3-4-5-6-10-7-9(2)14-11(15-10)13-8-12/h7H,3-6H2,1-2H3,(H,13,14,15). The molecule has 15 heavy (non-hydrogen) atoms. The molecule has 0 aliphatic rings. The van der Waals surface area contributed by atoms with E-state index < -0.39 is 0 Å². The number of unbranched alkanes of at least 4 members (excludes halogenated alkanes) is 2. The lowest BCUT2D eigenvalue weighted by Crippen LogP contribution is -2.01. The fourth-order valence-electron chi connectivity index (χ4n) is 1.42. The summed E-state index contributed by atoms with van der Waals surface area (Å²) in [6.45, 7) is 4.08. The van der Waals surface area contributed by atoms with E-state index >= 15 is 0 Å². The van der Waals surface area contributed by atoms with Crippen LogP contribution >= 0.6 is 0 Å². The van der Waals surface area contributed by atoms with Gasteiger partial charge in [0.15, 0.2) is 6.19 Å². The molecule has 0 fully saturated rings. The predicted octanol–water partition coefficient (Wildman–Crippen LogP) is 2.41. The smallest absolute Gasteiger partial charge is 0.236 e. The van der Waals surface area contributed by atoms with Crippen molar-refractivity contribution in [3.8, 4) is 6.19 Å². The molecule has 0 spiro atoms. The first kappa shape index (κ1) is 11.4. The van der Waals surface area contributed by atoms with Crippen LogP contribution in [0.2, 0.25) is 0 Å². The maximum absolute atomic E-state index is 8.47. The number of hydrogen-bond acceptors (Lipinski definition) is 4. The summed E-state index contributed by atoms with van der Waals surface area (Å²) in [7, 11) is 0. The topological polar surface area (TPSA) is 61.6 Å². The molecule has 1 aromatic rings. The summed E-state index contributed by atoms with van der Waals surface area (Å²) in [5.74, 6) is 0.406. The van der Waals surface area contributed by atoms with E-state index in [9.17, 15) is 0 Å². The molecule has 0 bridgehead atoms. The molecule has 0 amide bonds. The first-order valence-corrected chi connectivity index (χ1v) is 5.26. The zero-order chi connectivity index (χ0) is 11.1. The average Bonchev–Trinajstić information content (AvgIpc) is 2.18. The predicted molar refractivity (Wildman–Crippen MR) is 59.2 cm³/mol. The number of nitrogens with zero attached hydrogens (tertiary/aromatic N) is 3. The van der Waals surface area contributed by atoms with E-state index in [-0.39, 0.29) is 0 Å². The minimum Gasteiger partial charge on any atom is -0.261 e. The maximum atomic E-state index is 8.47. The van der Waals surface area contributed by atoms with E-state index in [1.807, 2.05) is 19.2 Å². The Hall–Kier alpha value is -1.63. The molecule has 1 rings (SSSR count). The minimum absolute atomic E-state index is 0.406. The highest BCUT2D eigenvalue weighted by atomic mass is 15.1. The van der Waals surface area contributed by atoms with Crippen molar-refractivity contribution in [3.05, 3.63) is 17.5 Å². The third kappa shape index (κ3) is 3.94. The van der Waals surface area contributed by atoms with Gasteiger partial charge < -0.3 is 0 Å². The van der Waals surface area contributed by atoms with Crippen LogP contribution in [0.15, 0.2) is 6.07 Å². The third-order valence-electron chi connectivity index (χ3n) is 2.11. The number of nitrogens with one attached hydrogen (secondary N) is 1. The van der Waals surface area contributed by atoms with Gasteiger partial charge >= 0.3 is 0 Å². The number of aryl methyl sites for hydroxylation is 2. The Balaban J connectivity index is 2.67. The Bertz CT molecular complexity index is 354. The van der Waals surface area contributed by atoms with Gasteiger partial charge in [0.1, 0.15) is 0 Å². The van der Waals surface area contributed by atoms with Gasteiger partial charge in [0.2, 0.25) is 5.95 Å². The van der Waals surface area contributed by atoms with Crippen LogP contribution in [0.3, 0.4) is 0 Å². The van der Waals surface area contributed by atoms with Crippen molar-refractivity contribution in [2.24, 2.45) is 0 Å². The molecule has 1 heterocycles. The SMILES string of the molecule is CCCCCc1cc(C)nc(NC#N)n1. The zero-order valence-electron chi connectivity index (χ0n) is 9.25. The van der Waals surface area contributed by atoms with Gasteiger partial charge in [-0.05, 0) is 25.8 Å². The fraction of sp³-hybridized carbons (Fsp3) is 0.545. The van der Waals surface area contributed by atoms with Crippen molar-refractivity contribution < 1.29 is 0 Å². The zero-order valence-corrected chi connectivity index (χ0v) is 9.25. The molecule has 1 aromatic heterocycles. The van der Waals surface area contributed by atoms with Crippen LogP contribution in [0.4, 0.5) is 5.95 Å². The summed E-state index contributed by atoms with van der Waals surface area (Å²) in [4.78, 5) is 8.36. The minimum atomic E-state index is 0.406. The molecule has 4 nitrogen and oxygen atoms in total. The molecule has 1 N–H and O–H groups in total. The quantitative estimate of drug-likeness (QED) is 0.454. The first-order valence-electron chi connectivity index (χ1n) is 5.26. The van der Waals surface area contributed by atoms with Crippen LogP contribution in [-0.4, -0.2) is 9.97 Å². The summed E-state index contributed by atoms with van der Waals surface area (Å²) >= 11 is 0. The number of nitriles is 1. The second-order valence-electron chi connectivity index (χ2n) is 3.52. The molecule has 0 aliphatic heterocycles. The Kier molecular flexibility index (Phi) is 4.55. The highest BCUT2D eigenvalue weighted by Gasteiger charge is 2.01. The molecule has 0 aromatic carbocycles. The second-order valence-corrected chi connectivity index (χ2v) is 3.52. The molecule has 0 unspecified atom stereocenters. The summed E-state index contributed by atoms with van der Waals surface area (Å²) in [6, 6.07) is 1.97. The van der Waals surface area contributed by atoms with Crippen molar-refractivity contribution in [1.82, 2.24) is 9.97 Å². The Morgan fingerprint density at radius 1 is 1.40 bits per heavy atom. The van der Waals surface area contributed by atoms with Crippen LogP contribution < -0.4 is 5.32 Å². The lowest BCUT2D eigenvalue weighted by atomic mass is 10.1. The number of hydrogen-bond donors (Lipinski definition) is 1. The summed E-state index contributed by atoms with van der Waals surface area (Å²) < 4.78 is 0. The van der Waals surface area contributed by atoms with Gasteiger partial charge in [-0.3, -0.25) is 5.32 Å². The average molecular weight is 204 g/mol. The molecule has 0 saturated carbocycles. The van der Waals surface area contributed by atoms with Gasteiger partial charge in [-0.1, -0.05) is 19.8 Å². The highest BCUT2D eigenvalue weighted by molar-refractivity contribution is 5.32. The van der Waals surface area contributed by atoms with E-state index in [2.05, 4.69) is 22.2 Å². The van der Waals surface area contributed by atoms with Crippen LogP contribution in [0.5, 0.6) is 0 Å². The number of anilines is 1. The maximum Gasteiger partial charge on any atom is 0.236 e. The Labute approximate surface area is 90.4 Å². The monoisotopic (exact) mass is 204 g/mol. The van der Waals surface area contributed by atoms with Crippen LogP contribution in [0.25, 0.3) is 0 Å². The summed E-state index contributed by atoms with van der Waals surface area (Å²) in [6.07, 6.45) is 6.34. The summed E-state index contributed by atoms with van der Waals surface area (Å²) in [5.41, 5.74) is 1.91. The second kappa shape index (κ2) is 5.97. The molecule has 0 atom stereocenters. The van der Waals surface area contributed by atoms with Gasteiger partial charge in [0.25, 0.3) is 0 Å². The van der Waals surface area contributed by atoms with E-state index in [0.29, 0.717) is 5.95 Å². The van der Waals surface area contributed by atoms with Gasteiger partial charge in [-0.25, -0.2) is 9.97 Å². The van der Waals surface area contributed by atoms with Gasteiger partial charge in [-0.15, -0.1) is 0 Å². The molecular weight excluding hydrogens is 188 g/mol. The lowest BCUT2D eigenvalue weighted by molar-refractivity contribution is 0.705. The fourth-order valence-corrected chi connectivity index (χ4v) is 1.42. The normalized spacial score (nSPS) is 9.67. The van der Waals surface area contributed by atoms with Crippen LogP contribution in [0, 0.1) is 18.4 Å². The summed E-state index contributed by atoms with van der Waals surface area (Å²) in [5, 5.41) is 10.9. The molecule has 0 saturated heterocycles. The Morgan fingerprint density at radius 2 is 2.20 bits per heavy atom. The van der Waals surface area contributed by atoms with E-state index in [1.165, 1.54) is 12.8 Å². The molecule has 0 aliphatic carbocycles. The van der Waals surface area contributed by atoms with Crippen molar-refractivity contribution >= 4 is 5.95 Å². The van der Waals surface area contributed by atoms with Crippen molar-refractivity contribution in [1.29, 1.82) is 5.26 Å². The number of aromatic nitrogens is 2. The number of rotatable bonds is 5. The molecule has 80 valence electrons. The highest BCUT2D eigenvalue weighted by Crippen LogP contribution is 2.08. The molecular formula is C11H16N4. The van der Waals surface area contributed by atoms with Gasteiger partial charge in [0, 0.05) is 11.4 Å². The van der Waals surface area contributed by atoms with Crippen LogP contribution in [0.1, 0.15) is 37.6 Å². The van der Waals surface area contributed by atoms with Gasteiger partial charge in [-0.2, -0.15) is 5.26 Å². The van der Waals surface area contributed by atoms with Crippen molar-refractivity contribution in [2.45, 2.75) is 39.5 Å². The first-order chi connectivity index (χ1) is 7.26. The van der Waals surface area contributed by atoms with Crippen molar-refractivity contribution in [3.63, 3.8) is 0 Å². The van der Waals surface area contributed by atoms with Crippen LogP contribution in [-0.2, 0) is 6.42 Å². The molecule has 0 radical (unpaired) electrons.